The van der Waals surface area contributed by atoms with Crippen molar-refractivity contribution in [2.75, 3.05) is 6.54 Å². The van der Waals surface area contributed by atoms with Crippen LogP contribution in [-0.4, -0.2) is 6.54 Å². The van der Waals surface area contributed by atoms with E-state index in [-0.39, 0.29) is 0 Å². The molecular weight excluding hydrogens is 254 g/mol. The van der Waals surface area contributed by atoms with Crippen LogP contribution in [0.15, 0.2) is 24.3 Å². The van der Waals surface area contributed by atoms with E-state index in [1.54, 1.807) is 0 Å². The van der Waals surface area contributed by atoms with Gasteiger partial charge in [0.15, 0.2) is 0 Å². The summed E-state index contributed by atoms with van der Waals surface area (Å²) in [4.78, 5) is 0. The molecule has 1 aliphatic carbocycles. The predicted molar refractivity (Wildman–Crippen MR) is 83.6 cm³/mol. The fourth-order valence-corrected chi connectivity index (χ4v) is 3.37. The standard InChI is InChI=1S/C17H26ClN/c1-3-11-19-17(14-9-7-13(2)8-10-14)15-5-4-6-16(18)12-15/h4-6,12-14,17,19H,3,7-11H2,1-2H3. The van der Waals surface area contributed by atoms with Crippen molar-refractivity contribution in [1.29, 1.82) is 0 Å². The molecule has 0 spiro atoms. The van der Waals surface area contributed by atoms with Gasteiger partial charge in [0.25, 0.3) is 0 Å². The highest BCUT2D eigenvalue weighted by atomic mass is 35.5. The highest BCUT2D eigenvalue weighted by Crippen LogP contribution is 2.37. The quantitative estimate of drug-likeness (QED) is 0.780. The zero-order valence-corrected chi connectivity index (χ0v) is 12.9. The van der Waals surface area contributed by atoms with Gasteiger partial charge < -0.3 is 5.32 Å². The van der Waals surface area contributed by atoms with Crippen LogP contribution in [0.1, 0.15) is 57.6 Å². The maximum absolute atomic E-state index is 6.16. The summed E-state index contributed by atoms with van der Waals surface area (Å²) in [6.07, 6.45) is 6.61. The number of rotatable bonds is 5. The van der Waals surface area contributed by atoms with Crippen LogP contribution in [0.2, 0.25) is 5.02 Å². The summed E-state index contributed by atoms with van der Waals surface area (Å²) in [5.41, 5.74) is 1.36. The van der Waals surface area contributed by atoms with E-state index in [0.717, 1.165) is 23.4 Å². The molecule has 1 saturated carbocycles. The SMILES string of the molecule is CCCNC(c1cccc(Cl)c1)C1CCC(C)CC1. The van der Waals surface area contributed by atoms with Crippen molar-refractivity contribution in [2.45, 2.75) is 52.0 Å². The Morgan fingerprint density at radius 2 is 2.00 bits per heavy atom. The minimum Gasteiger partial charge on any atom is -0.310 e. The molecule has 0 bridgehead atoms. The van der Waals surface area contributed by atoms with Crippen LogP contribution in [0.4, 0.5) is 0 Å². The van der Waals surface area contributed by atoms with Gasteiger partial charge in [-0.15, -0.1) is 0 Å². The number of hydrogen-bond donors (Lipinski definition) is 1. The second kappa shape index (κ2) is 7.31. The molecule has 1 aliphatic rings. The summed E-state index contributed by atoms with van der Waals surface area (Å²) in [5.74, 6) is 1.67. The lowest BCUT2D eigenvalue weighted by Crippen LogP contribution is -2.31. The van der Waals surface area contributed by atoms with Crippen molar-refractivity contribution in [3.8, 4) is 0 Å². The smallest absolute Gasteiger partial charge is 0.0409 e. The van der Waals surface area contributed by atoms with Crippen LogP contribution in [0.3, 0.4) is 0 Å². The third-order valence-electron chi connectivity index (χ3n) is 4.35. The lowest BCUT2D eigenvalue weighted by atomic mass is 9.77. The Kier molecular flexibility index (Phi) is 5.72. The van der Waals surface area contributed by atoms with E-state index in [1.165, 1.54) is 37.7 Å². The second-order valence-electron chi connectivity index (χ2n) is 6.01. The normalized spacial score (nSPS) is 25.2. The molecule has 0 radical (unpaired) electrons. The Labute approximate surface area is 122 Å². The lowest BCUT2D eigenvalue weighted by Gasteiger charge is -2.34. The molecule has 0 amide bonds. The molecule has 0 aromatic heterocycles. The van der Waals surface area contributed by atoms with E-state index in [0.29, 0.717) is 6.04 Å². The number of benzene rings is 1. The molecule has 106 valence electrons. The van der Waals surface area contributed by atoms with Gasteiger partial charge in [-0.3, -0.25) is 0 Å². The maximum atomic E-state index is 6.16. The van der Waals surface area contributed by atoms with E-state index < -0.39 is 0 Å². The average Bonchev–Trinajstić information content (AvgIpc) is 2.41. The van der Waals surface area contributed by atoms with E-state index in [1.807, 2.05) is 6.07 Å². The molecule has 1 aromatic rings. The minimum absolute atomic E-state index is 0.478. The van der Waals surface area contributed by atoms with Gasteiger partial charge >= 0.3 is 0 Å². The fraction of sp³-hybridized carbons (Fsp3) is 0.647. The molecular formula is C17H26ClN. The zero-order valence-electron chi connectivity index (χ0n) is 12.2. The molecule has 1 atom stereocenters. The molecule has 0 heterocycles. The van der Waals surface area contributed by atoms with Gasteiger partial charge in [0.1, 0.15) is 0 Å². The van der Waals surface area contributed by atoms with Gasteiger partial charge in [-0.25, -0.2) is 0 Å². The van der Waals surface area contributed by atoms with Crippen LogP contribution in [0.5, 0.6) is 0 Å². The summed E-state index contributed by atoms with van der Waals surface area (Å²) < 4.78 is 0. The first-order valence-electron chi connectivity index (χ1n) is 7.69. The van der Waals surface area contributed by atoms with E-state index in [9.17, 15) is 0 Å². The summed E-state index contributed by atoms with van der Waals surface area (Å²) in [6.45, 7) is 5.69. The summed E-state index contributed by atoms with van der Waals surface area (Å²) in [5, 5.41) is 4.59. The van der Waals surface area contributed by atoms with Gasteiger partial charge in [0.05, 0.1) is 0 Å². The first-order valence-corrected chi connectivity index (χ1v) is 8.07. The Hall–Kier alpha value is -0.530. The topological polar surface area (TPSA) is 12.0 Å². The Morgan fingerprint density at radius 1 is 1.26 bits per heavy atom. The van der Waals surface area contributed by atoms with E-state index in [4.69, 9.17) is 11.6 Å². The fourth-order valence-electron chi connectivity index (χ4n) is 3.18. The molecule has 19 heavy (non-hydrogen) atoms. The highest BCUT2D eigenvalue weighted by molar-refractivity contribution is 6.30. The highest BCUT2D eigenvalue weighted by Gasteiger charge is 2.26. The molecule has 0 aliphatic heterocycles. The first-order chi connectivity index (χ1) is 9.20. The van der Waals surface area contributed by atoms with Gasteiger partial charge in [-0.1, -0.05) is 50.4 Å². The van der Waals surface area contributed by atoms with Crippen molar-refractivity contribution in [2.24, 2.45) is 11.8 Å². The van der Waals surface area contributed by atoms with Crippen molar-refractivity contribution < 1.29 is 0 Å². The predicted octanol–water partition coefficient (Wildman–Crippen LogP) is 5.21. The van der Waals surface area contributed by atoms with Gasteiger partial charge in [0, 0.05) is 11.1 Å². The van der Waals surface area contributed by atoms with E-state index >= 15 is 0 Å². The van der Waals surface area contributed by atoms with Gasteiger partial charge in [-0.2, -0.15) is 0 Å². The Balaban J connectivity index is 2.11. The van der Waals surface area contributed by atoms with Crippen molar-refractivity contribution in [3.63, 3.8) is 0 Å². The van der Waals surface area contributed by atoms with Crippen molar-refractivity contribution >= 4 is 11.6 Å². The lowest BCUT2D eigenvalue weighted by molar-refractivity contribution is 0.231. The molecule has 1 nitrogen and oxygen atoms in total. The van der Waals surface area contributed by atoms with Crippen LogP contribution < -0.4 is 5.32 Å². The summed E-state index contributed by atoms with van der Waals surface area (Å²) >= 11 is 6.16. The maximum Gasteiger partial charge on any atom is 0.0409 e. The number of hydrogen-bond acceptors (Lipinski definition) is 1. The number of nitrogens with one attached hydrogen (secondary N) is 1. The monoisotopic (exact) mass is 279 g/mol. The van der Waals surface area contributed by atoms with Gasteiger partial charge in [0.2, 0.25) is 0 Å². The minimum atomic E-state index is 0.478. The average molecular weight is 280 g/mol. The second-order valence-corrected chi connectivity index (χ2v) is 6.44. The molecule has 1 N–H and O–H groups in total. The van der Waals surface area contributed by atoms with Crippen LogP contribution in [0, 0.1) is 11.8 Å². The Morgan fingerprint density at radius 3 is 2.63 bits per heavy atom. The molecule has 1 unspecified atom stereocenters. The van der Waals surface area contributed by atoms with Crippen LogP contribution in [-0.2, 0) is 0 Å². The first kappa shape index (κ1) is 14.9. The van der Waals surface area contributed by atoms with Crippen molar-refractivity contribution in [3.05, 3.63) is 34.9 Å². The van der Waals surface area contributed by atoms with Crippen LogP contribution in [0.25, 0.3) is 0 Å². The molecule has 2 heteroatoms. The molecule has 2 rings (SSSR count). The Bertz CT molecular complexity index is 383. The van der Waals surface area contributed by atoms with Crippen molar-refractivity contribution in [1.82, 2.24) is 5.32 Å². The molecule has 1 fully saturated rings. The molecule has 1 aromatic carbocycles. The largest absolute Gasteiger partial charge is 0.310 e. The third-order valence-corrected chi connectivity index (χ3v) is 4.59. The third kappa shape index (κ3) is 4.22. The molecule has 0 saturated heterocycles. The summed E-state index contributed by atoms with van der Waals surface area (Å²) in [6, 6.07) is 8.87. The summed E-state index contributed by atoms with van der Waals surface area (Å²) in [7, 11) is 0. The van der Waals surface area contributed by atoms with E-state index in [2.05, 4.69) is 37.4 Å². The zero-order chi connectivity index (χ0) is 13.7. The van der Waals surface area contributed by atoms with Crippen LogP contribution >= 0.6 is 11.6 Å². The number of halogens is 1. The van der Waals surface area contributed by atoms with Gasteiger partial charge in [-0.05, 0) is 55.3 Å².